The molecule has 3 aliphatic heterocycles. The Morgan fingerprint density at radius 3 is 2.03 bits per heavy atom. The van der Waals surface area contributed by atoms with Crippen molar-refractivity contribution in [1.82, 2.24) is 19.6 Å². The first-order chi connectivity index (χ1) is 15.4. The van der Waals surface area contributed by atoms with Gasteiger partial charge in [-0.3, -0.25) is 19.4 Å². The molecule has 0 aliphatic carbocycles. The first-order valence-electron chi connectivity index (χ1n) is 11.7. The van der Waals surface area contributed by atoms with Crippen LogP contribution in [0.3, 0.4) is 0 Å². The van der Waals surface area contributed by atoms with E-state index in [-0.39, 0.29) is 23.3 Å². The van der Waals surface area contributed by atoms with Crippen LogP contribution in [0.1, 0.15) is 30.9 Å². The summed E-state index contributed by atoms with van der Waals surface area (Å²) >= 11 is 0. The van der Waals surface area contributed by atoms with E-state index in [1.807, 2.05) is 45.0 Å². The van der Waals surface area contributed by atoms with E-state index in [9.17, 15) is 18.0 Å². The quantitative estimate of drug-likeness (QED) is 0.638. The van der Waals surface area contributed by atoms with Crippen LogP contribution in [-0.4, -0.2) is 110 Å². The molecule has 1 aromatic rings. The smallest absolute Gasteiger partial charge is 0.244 e. The Bertz CT molecular complexity index is 880. The van der Waals surface area contributed by atoms with Crippen LogP contribution in [0.25, 0.3) is 0 Å². The highest BCUT2D eigenvalue weighted by atomic mass is 32.2. The zero-order valence-electron chi connectivity index (χ0n) is 18.7. The van der Waals surface area contributed by atoms with Crippen LogP contribution in [0.5, 0.6) is 0 Å². The van der Waals surface area contributed by atoms with E-state index in [1.165, 1.54) is 6.42 Å². The number of carbonyl (C=O) groups excluding carboxylic acids is 2. The minimum atomic E-state index is -3.02. The number of benzene rings is 1. The summed E-state index contributed by atoms with van der Waals surface area (Å²) in [4.78, 5) is 34.2. The van der Waals surface area contributed by atoms with E-state index in [2.05, 4.69) is 4.90 Å². The topological polar surface area (TPSA) is 81.2 Å². The molecule has 8 nitrogen and oxygen atoms in total. The maximum atomic E-state index is 13.6. The number of piperidine rings is 1. The van der Waals surface area contributed by atoms with E-state index >= 15 is 0 Å². The second-order valence-corrected chi connectivity index (χ2v) is 11.3. The predicted octanol–water partition coefficient (Wildman–Crippen LogP) is 0.615. The minimum absolute atomic E-state index is 0.0255. The van der Waals surface area contributed by atoms with Crippen LogP contribution in [-0.2, 0) is 19.4 Å². The van der Waals surface area contributed by atoms with Gasteiger partial charge in [-0.15, -0.1) is 0 Å². The van der Waals surface area contributed by atoms with Crippen LogP contribution >= 0.6 is 0 Å². The highest BCUT2D eigenvalue weighted by molar-refractivity contribution is 7.91. The third-order valence-corrected chi connectivity index (χ3v) is 8.45. The predicted molar refractivity (Wildman–Crippen MR) is 123 cm³/mol. The summed E-state index contributed by atoms with van der Waals surface area (Å²) in [6.07, 6.45) is 3.38. The Kier molecular flexibility index (Phi) is 7.48. The number of amides is 2. The van der Waals surface area contributed by atoms with Crippen molar-refractivity contribution in [2.24, 2.45) is 0 Å². The Morgan fingerprint density at radius 1 is 0.781 bits per heavy atom. The number of nitrogens with zero attached hydrogens (tertiary/aromatic N) is 4. The average Bonchev–Trinajstić information content (AvgIpc) is 2.82. The fourth-order valence-electron chi connectivity index (χ4n) is 4.86. The lowest BCUT2D eigenvalue weighted by Crippen LogP contribution is -2.55. The molecule has 4 rings (SSSR count). The third kappa shape index (κ3) is 5.68. The highest BCUT2D eigenvalue weighted by Gasteiger charge is 2.36. The molecular formula is C23H34N4O4S. The molecule has 1 unspecified atom stereocenters. The zero-order chi connectivity index (χ0) is 22.6. The van der Waals surface area contributed by atoms with Gasteiger partial charge in [0, 0.05) is 52.4 Å². The lowest BCUT2D eigenvalue weighted by atomic mass is 10.0. The summed E-state index contributed by atoms with van der Waals surface area (Å²) in [5, 5.41) is 0. The standard InChI is InChI=1S/C23H34N4O4S/c28-21(25-9-5-2-6-10-25)19-24-11-13-27(14-12-24)23(29)22(20-7-3-1-4-8-20)26-15-17-32(30,31)18-16-26/h1,3-4,7-8,22H,2,5-6,9-19H2. The van der Waals surface area contributed by atoms with Gasteiger partial charge in [0.25, 0.3) is 0 Å². The van der Waals surface area contributed by atoms with E-state index in [4.69, 9.17) is 0 Å². The van der Waals surface area contributed by atoms with Crippen molar-refractivity contribution in [2.45, 2.75) is 25.3 Å². The number of hydrogen-bond donors (Lipinski definition) is 0. The van der Waals surface area contributed by atoms with Gasteiger partial charge in [-0.25, -0.2) is 8.42 Å². The molecule has 176 valence electrons. The zero-order valence-corrected chi connectivity index (χ0v) is 19.5. The number of carbonyl (C=O) groups is 2. The Balaban J connectivity index is 1.37. The molecule has 0 N–H and O–H groups in total. The molecule has 0 spiro atoms. The van der Waals surface area contributed by atoms with Crippen molar-refractivity contribution in [3.8, 4) is 0 Å². The first kappa shape index (κ1) is 23.2. The molecular weight excluding hydrogens is 428 g/mol. The molecule has 1 aromatic carbocycles. The summed E-state index contributed by atoms with van der Waals surface area (Å²) in [6.45, 7) is 5.43. The van der Waals surface area contributed by atoms with Crippen molar-refractivity contribution in [3.05, 3.63) is 35.9 Å². The van der Waals surface area contributed by atoms with Crippen molar-refractivity contribution in [1.29, 1.82) is 0 Å². The van der Waals surface area contributed by atoms with Gasteiger partial charge in [-0.1, -0.05) is 30.3 Å². The maximum Gasteiger partial charge on any atom is 0.244 e. The lowest BCUT2D eigenvalue weighted by Gasteiger charge is -2.40. The van der Waals surface area contributed by atoms with Crippen LogP contribution in [0.2, 0.25) is 0 Å². The maximum absolute atomic E-state index is 13.6. The van der Waals surface area contributed by atoms with Crippen LogP contribution < -0.4 is 0 Å². The fourth-order valence-corrected chi connectivity index (χ4v) is 6.09. The summed E-state index contributed by atoms with van der Waals surface area (Å²) in [7, 11) is -3.02. The summed E-state index contributed by atoms with van der Waals surface area (Å²) in [6, 6.07) is 9.18. The number of rotatable bonds is 5. The van der Waals surface area contributed by atoms with Crippen molar-refractivity contribution < 1.29 is 18.0 Å². The van der Waals surface area contributed by atoms with Gasteiger partial charge in [-0.05, 0) is 24.8 Å². The first-order valence-corrected chi connectivity index (χ1v) is 13.5. The van der Waals surface area contributed by atoms with E-state index < -0.39 is 15.9 Å². The Labute approximate surface area is 191 Å². The summed E-state index contributed by atoms with van der Waals surface area (Å²) in [5.74, 6) is 0.408. The number of likely N-dealkylation sites (tertiary alicyclic amines) is 1. The number of hydrogen-bond acceptors (Lipinski definition) is 6. The normalized spacial score (nSPS) is 23.6. The molecule has 3 aliphatic rings. The van der Waals surface area contributed by atoms with Crippen LogP contribution in [0.15, 0.2) is 30.3 Å². The van der Waals surface area contributed by atoms with Gasteiger partial charge in [0.2, 0.25) is 11.8 Å². The van der Waals surface area contributed by atoms with Crippen molar-refractivity contribution in [3.63, 3.8) is 0 Å². The molecule has 0 saturated carbocycles. The van der Waals surface area contributed by atoms with Crippen LogP contribution in [0.4, 0.5) is 0 Å². The Morgan fingerprint density at radius 2 is 1.41 bits per heavy atom. The molecule has 0 aromatic heterocycles. The van der Waals surface area contributed by atoms with Gasteiger partial charge in [-0.2, -0.15) is 0 Å². The lowest BCUT2D eigenvalue weighted by molar-refractivity contribution is -0.140. The van der Waals surface area contributed by atoms with Crippen molar-refractivity contribution >= 4 is 21.7 Å². The molecule has 3 saturated heterocycles. The number of sulfone groups is 1. The molecule has 1 atom stereocenters. The van der Waals surface area contributed by atoms with Gasteiger partial charge in [0.1, 0.15) is 6.04 Å². The van der Waals surface area contributed by atoms with Gasteiger partial charge >= 0.3 is 0 Å². The molecule has 2 amide bonds. The Hall–Kier alpha value is -1.97. The van der Waals surface area contributed by atoms with E-state index in [0.717, 1.165) is 31.5 Å². The summed E-state index contributed by atoms with van der Waals surface area (Å²) < 4.78 is 23.8. The van der Waals surface area contributed by atoms with Crippen molar-refractivity contribution in [2.75, 3.05) is 70.4 Å². The van der Waals surface area contributed by atoms with Gasteiger partial charge in [0.15, 0.2) is 9.84 Å². The molecule has 9 heteroatoms. The second kappa shape index (κ2) is 10.3. The fraction of sp³-hybridized carbons (Fsp3) is 0.652. The molecule has 3 heterocycles. The van der Waals surface area contributed by atoms with E-state index in [1.54, 1.807) is 0 Å². The van der Waals surface area contributed by atoms with Gasteiger partial charge < -0.3 is 9.80 Å². The SMILES string of the molecule is O=C(CN1CCN(C(=O)C(c2ccccc2)N2CCS(=O)(=O)CC2)CC1)N1CCCCC1. The highest BCUT2D eigenvalue weighted by Crippen LogP contribution is 2.26. The minimum Gasteiger partial charge on any atom is -0.342 e. The molecule has 3 fully saturated rings. The van der Waals surface area contributed by atoms with Crippen LogP contribution in [0, 0.1) is 0 Å². The monoisotopic (exact) mass is 462 g/mol. The summed E-state index contributed by atoms with van der Waals surface area (Å²) in [5.41, 5.74) is 0.902. The second-order valence-electron chi connectivity index (χ2n) is 9.04. The molecule has 32 heavy (non-hydrogen) atoms. The third-order valence-electron chi connectivity index (χ3n) is 6.84. The number of piperazine rings is 1. The molecule has 0 radical (unpaired) electrons. The molecule has 0 bridgehead atoms. The van der Waals surface area contributed by atoms with E-state index in [0.29, 0.717) is 45.8 Å². The average molecular weight is 463 g/mol. The van der Waals surface area contributed by atoms with Gasteiger partial charge in [0.05, 0.1) is 18.1 Å². The largest absolute Gasteiger partial charge is 0.342 e.